The third kappa shape index (κ3) is 29.9. The van der Waals surface area contributed by atoms with Crippen molar-refractivity contribution in [2.75, 3.05) is 26.3 Å². The Bertz CT molecular complexity index is 1240. The van der Waals surface area contributed by atoms with Gasteiger partial charge in [0.05, 0.1) is 19.5 Å². The summed E-state index contributed by atoms with van der Waals surface area (Å²) in [6, 6.07) is 0. The SMILES string of the molecule is CCCCCCCC/C=C\CCCCCCCCNC(=O)CCC1(C(=O)NCCCCCCCC/C=C\CCCCCCCC)OCC(OC(=O)CCCn2ccnc2)CO1. The standard InChI is InChI=1S/C51H90N4O6/c1-3-5-7-9-11-13-15-17-19-21-23-25-27-29-31-33-39-53-48(56)37-38-51(59-44-47(45-60-51)61-49(57)36-35-42-55-43-41-52-46-55)50(58)54-40-34-32-30-28-26-24-22-20-18-16-14-12-10-8-6-4-2/h17-20,41,43,46-47H,3-16,21-40,42,44-45H2,1-2H3,(H,53,56)(H,54,58)/b19-17-,20-18-. The van der Waals surface area contributed by atoms with Crippen molar-refractivity contribution in [3.05, 3.63) is 43.0 Å². The van der Waals surface area contributed by atoms with Crippen LogP contribution in [0.5, 0.6) is 0 Å². The van der Waals surface area contributed by atoms with Crippen LogP contribution < -0.4 is 10.6 Å². The summed E-state index contributed by atoms with van der Waals surface area (Å²) in [4.78, 5) is 43.0. The Hall–Kier alpha value is -2.98. The molecule has 2 rings (SSSR count). The first-order valence-electron chi connectivity index (χ1n) is 25.3. The van der Waals surface area contributed by atoms with E-state index in [9.17, 15) is 14.4 Å². The Balaban J connectivity index is 1.63. The Morgan fingerprint density at radius 2 is 1.08 bits per heavy atom. The molecular formula is C51H90N4O6. The van der Waals surface area contributed by atoms with Crippen molar-refractivity contribution in [3.63, 3.8) is 0 Å². The molecule has 10 heteroatoms. The van der Waals surface area contributed by atoms with Crippen molar-refractivity contribution in [2.24, 2.45) is 0 Å². The normalized spacial score (nSPS) is 16.7. The van der Waals surface area contributed by atoms with Crippen LogP contribution in [0.2, 0.25) is 0 Å². The number of unbranched alkanes of at least 4 members (excludes halogenated alkanes) is 24. The van der Waals surface area contributed by atoms with Crippen LogP contribution in [0.1, 0.15) is 219 Å². The summed E-state index contributed by atoms with van der Waals surface area (Å²) in [5.41, 5.74) is 0. The number of imidazole rings is 1. The largest absolute Gasteiger partial charge is 0.457 e. The molecule has 2 heterocycles. The van der Waals surface area contributed by atoms with E-state index in [1.165, 1.54) is 141 Å². The van der Waals surface area contributed by atoms with Crippen molar-refractivity contribution >= 4 is 17.8 Å². The summed E-state index contributed by atoms with van der Waals surface area (Å²) in [6.45, 7) is 6.41. The van der Waals surface area contributed by atoms with Gasteiger partial charge in [-0.2, -0.15) is 0 Å². The monoisotopic (exact) mass is 855 g/mol. The number of nitrogens with one attached hydrogen (secondary N) is 2. The molecule has 1 saturated heterocycles. The second-order valence-corrected chi connectivity index (χ2v) is 17.4. The molecule has 0 saturated carbocycles. The predicted octanol–water partition coefficient (Wildman–Crippen LogP) is 12.4. The van der Waals surface area contributed by atoms with E-state index in [1.54, 1.807) is 12.5 Å². The minimum atomic E-state index is -1.59. The molecule has 1 aliphatic rings. The van der Waals surface area contributed by atoms with Gasteiger partial charge in [-0.25, -0.2) is 4.98 Å². The average Bonchev–Trinajstić information content (AvgIpc) is 3.79. The quantitative estimate of drug-likeness (QED) is 0.0382. The van der Waals surface area contributed by atoms with Gasteiger partial charge in [-0.1, -0.05) is 154 Å². The van der Waals surface area contributed by atoms with Gasteiger partial charge >= 0.3 is 5.97 Å². The summed E-state index contributed by atoms with van der Waals surface area (Å²) in [5.74, 6) is -2.41. The van der Waals surface area contributed by atoms with Gasteiger partial charge in [0.1, 0.15) is 6.10 Å². The Kier molecular flexibility index (Phi) is 34.3. The maximum absolute atomic E-state index is 13.6. The predicted molar refractivity (Wildman–Crippen MR) is 250 cm³/mol. The fraction of sp³-hybridized carbons (Fsp3) is 0.804. The second kappa shape index (κ2) is 38.7. The van der Waals surface area contributed by atoms with E-state index >= 15 is 0 Å². The number of nitrogens with zero attached hydrogens (tertiary/aromatic N) is 2. The van der Waals surface area contributed by atoms with Gasteiger partial charge in [0.15, 0.2) is 0 Å². The second-order valence-electron chi connectivity index (χ2n) is 17.4. The maximum atomic E-state index is 13.6. The third-order valence-corrected chi connectivity index (χ3v) is 11.7. The van der Waals surface area contributed by atoms with Crippen LogP contribution in [0.15, 0.2) is 43.0 Å². The van der Waals surface area contributed by atoms with Crippen LogP contribution in [-0.4, -0.2) is 65.5 Å². The minimum absolute atomic E-state index is 0.0337. The van der Waals surface area contributed by atoms with Crippen LogP contribution in [0.4, 0.5) is 0 Å². The average molecular weight is 855 g/mol. The summed E-state index contributed by atoms with van der Waals surface area (Å²) < 4.78 is 19.7. The highest BCUT2D eigenvalue weighted by Crippen LogP contribution is 2.27. The van der Waals surface area contributed by atoms with Gasteiger partial charge in [-0.3, -0.25) is 14.4 Å². The molecular weight excluding hydrogens is 765 g/mol. The summed E-state index contributed by atoms with van der Waals surface area (Å²) in [6.07, 6.45) is 49.8. The number of allylic oxidation sites excluding steroid dienone is 4. The van der Waals surface area contributed by atoms with Crippen LogP contribution in [0, 0.1) is 0 Å². The molecule has 1 aliphatic heterocycles. The van der Waals surface area contributed by atoms with Crippen LogP contribution >= 0.6 is 0 Å². The summed E-state index contributed by atoms with van der Waals surface area (Å²) in [5, 5.41) is 6.04. The lowest BCUT2D eigenvalue weighted by molar-refractivity contribution is -0.282. The van der Waals surface area contributed by atoms with Gasteiger partial charge in [0, 0.05) is 51.3 Å². The molecule has 0 aliphatic carbocycles. The number of esters is 1. The molecule has 1 aromatic rings. The highest BCUT2D eigenvalue weighted by molar-refractivity contribution is 5.85. The molecule has 0 unspecified atom stereocenters. The zero-order chi connectivity index (χ0) is 43.7. The molecule has 0 spiro atoms. The molecule has 2 amide bonds. The molecule has 0 bridgehead atoms. The molecule has 1 fully saturated rings. The number of carbonyl (C=O) groups is 3. The van der Waals surface area contributed by atoms with E-state index in [0.717, 1.165) is 38.5 Å². The van der Waals surface area contributed by atoms with Gasteiger partial charge in [-0.15, -0.1) is 0 Å². The van der Waals surface area contributed by atoms with E-state index in [4.69, 9.17) is 14.2 Å². The Labute approximate surface area is 372 Å². The summed E-state index contributed by atoms with van der Waals surface area (Å²) in [7, 11) is 0. The van der Waals surface area contributed by atoms with Crippen LogP contribution in [-0.2, 0) is 35.1 Å². The topological polar surface area (TPSA) is 121 Å². The lowest BCUT2D eigenvalue weighted by Crippen LogP contribution is -2.57. The first-order valence-corrected chi connectivity index (χ1v) is 25.3. The van der Waals surface area contributed by atoms with Crippen LogP contribution in [0.3, 0.4) is 0 Å². The van der Waals surface area contributed by atoms with Crippen molar-refractivity contribution in [2.45, 2.75) is 238 Å². The molecule has 10 nitrogen and oxygen atoms in total. The van der Waals surface area contributed by atoms with E-state index < -0.39 is 11.9 Å². The molecule has 0 radical (unpaired) electrons. The van der Waals surface area contributed by atoms with E-state index in [0.29, 0.717) is 26.1 Å². The highest BCUT2D eigenvalue weighted by Gasteiger charge is 2.45. The van der Waals surface area contributed by atoms with E-state index in [1.807, 2.05) is 10.8 Å². The maximum Gasteiger partial charge on any atom is 0.306 e. The fourth-order valence-corrected chi connectivity index (χ4v) is 7.75. The number of amides is 2. The number of carbonyl (C=O) groups excluding carboxylic acids is 3. The molecule has 1 aromatic heterocycles. The third-order valence-electron chi connectivity index (χ3n) is 11.7. The highest BCUT2D eigenvalue weighted by atomic mass is 16.7. The van der Waals surface area contributed by atoms with Crippen molar-refractivity contribution in [1.29, 1.82) is 0 Å². The Morgan fingerprint density at radius 3 is 1.56 bits per heavy atom. The molecule has 0 aromatic carbocycles. The lowest BCUT2D eigenvalue weighted by Gasteiger charge is -2.38. The Morgan fingerprint density at radius 1 is 0.623 bits per heavy atom. The smallest absolute Gasteiger partial charge is 0.306 e. The van der Waals surface area contributed by atoms with Gasteiger partial charge in [0.2, 0.25) is 5.91 Å². The minimum Gasteiger partial charge on any atom is -0.457 e. The van der Waals surface area contributed by atoms with Gasteiger partial charge < -0.3 is 29.4 Å². The number of rotatable bonds is 41. The molecule has 0 atom stereocenters. The number of aryl methyl sites for hydroxylation is 1. The number of aromatic nitrogens is 2. The van der Waals surface area contributed by atoms with Gasteiger partial charge in [0.25, 0.3) is 11.7 Å². The molecule has 61 heavy (non-hydrogen) atoms. The molecule has 2 N–H and O–H groups in total. The first kappa shape index (κ1) is 54.2. The fourth-order valence-electron chi connectivity index (χ4n) is 7.75. The first-order chi connectivity index (χ1) is 30.0. The van der Waals surface area contributed by atoms with E-state index in [-0.39, 0.29) is 50.3 Å². The number of hydrogen-bond acceptors (Lipinski definition) is 7. The van der Waals surface area contributed by atoms with Gasteiger partial charge in [-0.05, 0) is 70.6 Å². The summed E-state index contributed by atoms with van der Waals surface area (Å²) >= 11 is 0. The zero-order valence-corrected chi connectivity index (χ0v) is 39.1. The van der Waals surface area contributed by atoms with Crippen LogP contribution in [0.25, 0.3) is 0 Å². The lowest BCUT2D eigenvalue weighted by atomic mass is 10.1. The molecule has 350 valence electrons. The van der Waals surface area contributed by atoms with Crippen molar-refractivity contribution < 1.29 is 28.6 Å². The van der Waals surface area contributed by atoms with Crippen molar-refractivity contribution in [3.8, 4) is 0 Å². The van der Waals surface area contributed by atoms with E-state index in [2.05, 4.69) is 53.8 Å². The van der Waals surface area contributed by atoms with Crippen molar-refractivity contribution in [1.82, 2.24) is 20.2 Å². The zero-order valence-electron chi connectivity index (χ0n) is 39.1. The number of hydrogen-bond donors (Lipinski definition) is 2. The number of ether oxygens (including phenoxy) is 3.